The van der Waals surface area contributed by atoms with Crippen LogP contribution in [0.15, 0.2) is 89.4 Å². The first-order valence-electron chi connectivity index (χ1n) is 12.1. The second kappa shape index (κ2) is 11.2. The van der Waals surface area contributed by atoms with Crippen molar-refractivity contribution in [3.05, 3.63) is 102 Å². The Balaban J connectivity index is 1.70. The second-order valence-electron chi connectivity index (χ2n) is 9.63. The Hall–Kier alpha value is -4.23. The first kappa shape index (κ1) is 25.9. The number of benzene rings is 3. The van der Waals surface area contributed by atoms with Crippen LogP contribution in [0.3, 0.4) is 0 Å². The lowest BCUT2D eigenvalue weighted by Gasteiger charge is -2.16. The third kappa shape index (κ3) is 6.71. The molecule has 0 aliphatic heterocycles. The zero-order chi connectivity index (χ0) is 26.4. The van der Waals surface area contributed by atoms with Crippen molar-refractivity contribution in [3.63, 3.8) is 0 Å². The standard InChI is InChI=1S/C30H31N3O4/c1-30(2,31)17-9-14-25(34)32-24(19-20-15-16-21-10-7-8-13-23(21)18-20)28-33-26(29(35)36-3)27(37-28)22-11-5-4-6-12-22/h4-16,18,24H,17,19,31H2,1-3H3,(H,32,34)/t24-/m1/s1. The molecule has 190 valence electrons. The van der Waals surface area contributed by atoms with Crippen LogP contribution >= 0.6 is 0 Å². The first-order valence-corrected chi connectivity index (χ1v) is 12.1. The highest BCUT2D eigenvalue weighted by atomic mass is 16.5. The lowest BCUT2D eigenvalue weighted by Crippen LogP contribution is -2.31. The molecule has 0 aliphatic rings. The van der Waals surface area contributed by atoms with Crippen molar-refractivity contribution in [2.75, 3.05) is 7.11 Å². The number of amides is 1. The van der Waals surface area contributed by atoms with E-state index < -0.39 is 17.6 Å². The summed E-state index contributed by atoms with van der Waals surface area (Å²) in [6.45, 7) is 3.79. The molecule has 0 bridgehead atoms. The van der Waals surface area contributed by atoms with Gasteiger partial charge in [0, 0.05) is 17.5 Å². The number of hydrogen-bond acceptors (Lipinski definition) is 6. The maximum Gasteiger partial charge on any atom is 0.360 e. The number of rotatable bonds is 9. The third-order valence-corrected chi connectivity index (χ3v) is 5.84. The van der Waals surface area contributed by atoms with Gasteiger partial charge >= 0.3 is 5.97 Å². The Bertz CT molecular complexity index is 1420. The minimum Gasteiger partial charge on any atom is -0.464 e. The average molecular weight is 498 g/mol. The van der Waals surface area contributed by atoms with Crippen LogP contribution in [0.1, 0.15) is 48.3 Å². The fraction of sp³-hybridized carbons (Fsp3) is 0.233. The smallest absolute Gasteiger partial charge is 0.360 e. The zero-order valence-corrected chi connectivity index (χ0v) is 21.2. The largest absolute Gasteiger partial charge is 0.464 e. The van der Waals surface area contributed by atoms with Gasteiger partial charge in [-0.25, -0.2) is 9.78 Å². The van der Waals surface area contributed by atoms with Gasteiger partial charge in [-0.3, -0.25) is 4.79 Å². The molecule has 1 heterocycles. The number of carbonyl (C=O) groups excluding carboxylic acids is 2. The summed E-state index contributed by atoms with van der Waals surface area (Å²) in [6.07, 6.45) is 4.15. The van der Waals surface area contributed by atoms with E-state index in [9.17, 15) is 9.59 Å². The molecule has 0 spiro atoms. The van der Waals surface area contributed by atoms with E-state index in [1.807, 2.05) is 80.6 Å². The predicted octanol–water partition coefficient (Wildman–Crippen LogP) is 5.37. The third-order valence-electron chi connectivity index (χ3n) is 5.84. The maximum absolute atomic E-state index is 12.9. The molecule has 0 aliphatic carbocycles. The Morgan fingerprint density at radius 3 is 2.46 bits per heavy atom. The highest BCUT2D eigenvalue weighted by Crippen LogP contribution is 2.30. The summed E-state index contributed by atoms with van der Waals surface area (Å²) in [7, 11) is 1.30. The van der Waals surface area contributed by atoms with E-state index in [-0.39, 0.29) is 17.5 Å². The number of fused-ring (bicyclic) bond motifs is 1. The van der Waals surface area contributed by atoms with E-state index in [2.05, 4.69) is 16.4 Å². The summed E-state index contributed by atoms with van der Waals surface area (Å²) in [5.74, 6) is -0.419. The fourth-order valence-electron chi connectivity index (χ4n) is 4.00. The molecule has 1 atom stereocenters. The van der Waals surface area contributed by atoms with Crippen LogP contribution in [0, 0.1) is 0 Å². The van der Waals surface area contributed by atoms with Crippen molar-refractivity contribution in [2.24, 2.45) is 5.73 Å². The van der Waals surface area contributed by atoms with Gasteiger partial charge in [-0.05, 0) is 42.7 Å². The van der Waals surface area contributed by atoms with Crippen molar-refractivity contribution in [2.45, 2.75) is 38.3 Å². The lowest BCUT2D eigenvalue weighted by molar-refractivity contribution is -0.117. The Labute approximate surface area is 216 Å². The monoisotopic (exact) mass is 497 g/mol. The van der Waals surface area contributed by atoms with Crippen LogP contribution in [0.2, 0.25) is 0 Å². The van der Waals surface area contributed by atoms with Gasteiger partial charge in [0.1, 0.15) is 6.04 Å². The van der Waals surface area contributed by atoms with Crippen LogP contribution in [0.5, 0.6) is 0 Å². The fourth-order valence-corrected chi connectivity index (χ4v) is 4.00. The number of ether oxygens (including phenoxy) is 1. The minimum atomic E-state index is -0.634. The number of esters is 1. The van der Waals surface area contributed by atoms with Gasteiger partial charge in [0.2, 0.25) is 11.8 Å². The van der Waals surface area contributed by atoms with Crippen LogP contribution < -0.4 is 11.1 Å². The maximum atomic E-state index is 12.9. The molecule has 0 saturated carbocycles. The molecule has 0 fully saturated rings. The van der Waals surface area contributed by atoms with Gasteiger partial charge in [-0.15, -0.1) is 0 Å². The predicted molar refractivity (Wildman–Crippen MR) is 144 cm³/mol. The Kier molecular flexibility index (Phi) is 7.84. The normalized spacial score (nSPS) is 12.5. The molecule has 0 radical (unpaired) electrons. The van der Waals surface area contributed by atoms with Crippen molar-refractivity contribution in [1.82, 2.24) is 10.3 Å². The number of aromatic nitrogens is 1. The summed E-state index contributed by atoms with van der Waals surface area (Å²) in [6, 6.07) is 22.8. The van der Waals surface area contributed by atoms with E-state index in [0.29, 0.717) is 24.2 Å². The van der Waals surface area contributed by atoms with Crippen LogP contribution in [-0.4, -0.2) is 29.5 Å². The van der Waals surface area contributed by atoms with Crippen molar-refractivity contribution < 1.29 is 18.7 Å². The van der Waals surface area contributed by atoms with Gasteiger partial charge in [0.25, 0.3) is 0 Å². The Morgan fingerprint density at radius 2 is 1.76 bits per heavy atom. The number of methoxy groups -OCH3 is 1. The molecule has 4 rings (SSSR count). The minimum absolute atomic E-state index is 0.0573. The van der Waals surface area contributed by atoms with Crippen molar-refractivity contribution in [1.29, 1.82) is 0 Å². The molecular formula is C30H31N3O4. The van der Waals surface area contributed by atoms with Gasteiger partial charge in [0.05, 0.1) is 7.11 Å². The number of oxazole rings is 1. The van der Waals surface area contributed by atoms with Crippen molar-refractivity contribution >= 4 is 22.6 Å². The lowest BCUT2D eigenvalue weighted by atomic mass is 10.0. The zero-order valence-electron chi connectivity index (χ0n) is 21.2. The van der Waals surface area contributed by atoms with Crippen LogP contribution in [-0.2, 0) is 16.0 Å². The van der Waals surface area contributed by atoms with E-state index in [4.69, 9.17) is 14.9 Å². The topological polar surface area (TPSA) is 107 Å². The summed E-state index contributed by atoms with van der Waals surface area (Å²) in [4.78, 5) is 29.9. The summed E-state index contributed by atoms with van der Waals surface area (Å²) in [5.41, 5.74) is 7.32. The quantitative estimate of drug-likeness (QED) is 0.238. The molecule has 7 heteroatoms. The molecule has 4 aromatic rings. The van der Waals surface area contributed by atoms with Gasteiger partial charge < -0.3 is 20.2 Å². The molecule has 3 aromatic carbocycles. The SMILES string of the molecule is COC(=O)c1nc([C@@H](Cc2ccc3ccccc3c2)NC(=O)C=CCC(C)(C)N)oc1-c1ccccc1. The van der Waals surface area contributed by atoms with Crippen LogP contribution in [0.25, 0.3) is 22.1 Å². The van der Waals surface area contributed by atoms with Crippen LogP contribution in [0.4, 0.5) is 0 Å². The molecule has 0 saturated heterocycles. The molecule has 1 aromatic heterocycles. The van der Waals surface area contributed by atoms with Gasteiger partial charge in [-0.1, -0.05) is 78.9 Å². The summed E-state index contributed by atoms with van der Waals surface area (Å²) >= 11 is 0. The van der Waals surface area contributed by atoms with E-state index in [1.165, 1.54) is 13.2 Å². The second-order valence-corrected chi connectivity index (χ2v) is 9.63. The molecule has 3 N–H and O–H groups in total. The number of nitrogens with zero attached hydrogens (tertiary/aromatic N) is 1. The van der Waals surface area contributed by atoms with Crippen molar-refractivity contribution in [3.8, 4) is 11.3 Å². The van der Waals surface area contributed by atoms with Gasteiger partial charge in [-0.2, -0.15) is 0 Å². The number of nitrogens with one attached hydrogen (secondary N) is 1. The number of hydrogen-bond donors (Lipinski definition) is 2. The highest BCUT2D eigenvalue weighted by Gasteiger charge is 2.27. The Morgan fingerprint density at radius 1 is 1.05 bits per heavy atom. The molecule has 0 unspecified atom stereocenters. The average Bonchev–Trinajstić information content (AvgIpc) is 3.33. The van der Waals surface area contributed by atoms with E-state index in [1.54, 1.807) is 6.08 Å². The van der Waals surface area contributed by atoms with Gasteiger partial charge in [0.15, 0.2) is 11.5 Å². The van der Waals surface area contributed by atoms with E-state index >= 15 is 0 Å². The summed E-state index contributed by atoms with van der Waals surface area (Å²) in [5, 5.41) is 5.20. The first-order chi connectivity index (χ1) is 17.7. The molecular weight excluding hydrogens is 466 g/mol. The van der Waals surface area contributed by atoms with E-state index in [0.717, 1.165) is 16.3 Å². The molecule has 7 nitrogen and oxygen atoms in total. The molecule has 37 heavy (non-hydrogen) atoms. The summed E-state index contributed by atoms with van der Waals surface area (Å²) < 4.78 is 11.1. The number of carbonyl (C=O) groups is 2. The molecule has 1 amide bonds. The highest BCUT2D eigenvalue weighted by molar-refractivity contribution is 5.93. The number of nitrogens with two attached hydrogens (primary N) is 1.